The van der Waals surface area contributed by atoms with Crippen molar-refractivity contribution in [2.24, 2.45) is 0 Å². The molecule has 5 rings (SSSR count). The highest BCUT2D eigenvalue weighted by Gasteiger charge is 2.44. The van der Waals surface area contributed by atoms with Crippen molar-refractivity contribution in [1.29, 1.82) is 5.26 Å². The maximum atomic E-state index is 13.4. The van der Waals surface area contributed by atoms with E-state index in [1.165, 1.54) is 12.4 Å². The van der Waals surface area contributed by atoms with Crippen LogP contribution in [0.25, 0.3) is 0 Å². The number of nitrogens with zero attached hydrogens (tertiary/aromatic N) is 2. The lowest BCUT2D eigenvalue weighted by atomic mass is 9.65. The molecule has 0 bridgehead atoms. The molecule has 1 aromatic carbocycles. The Bertz CT molecular complexity index is 1210. The molecule has 0 fully saturated rings. The van der Waals surface area contributed by atoms with Crippen LogP contribution in [0.4, 0.5) is 0 Å². The Morgan fingerprint density at radius 3 is 2.48 bits per heavy atom. The van der Waals surface area contributed by atoms with Gasteiger partial charge in [0, 0.05) is 47.0 Å². The third-order valence-electron chi connectivity index (χ3n) is 6.06. The van der Waals surface area contributed by atoms with Crippen LogP contribution in [0.1, 0.15) is 63.4 Å². The number of Topliss-reactive ketones (excluding diaryl/α,β-unsaturated/α-hetero) is 3. The van der Waals surface area contributed by atoms with Crippen LogP contribution in [-0.2, 0) is 4.79 Å². The number of nitriles is 1. The monoisotopic (exact) mass is 380 g/mol. The summed E-state index contributed by atoms with van der Waals surface area (Å²) in [5.41, 5.74) is 4.46. The van der Waals surface area contributed by atoms with Crippen LogP contribution in [-0.4, -0.2) is 22.3 Å². The molecule has 29 heavy (non-hydrogen) atoms. The van der Waals surface area contributed by atoms with E-state index >= 15 is 0 Å². The number of rotatable bonds is 1. The fraction of sp³-hybridized carbons (Fsp3) is 0.208. The summed E-state index contributed by atoms with van der Waals surface area (Å²) in [6.07, 6.45) is 5.29. The number of allylic oxidation sites excluding steroid dienone is 4. The molecule has 0 saturated heterocycles. The van der Waals surface area contributed by atoms with Gasteiger partial charge < -0.3 is 0 Å². The second kappa shape index (κ2) is 6.46. The highest BCUT2D eigenvalue weighted by molar-refractivity contribution is 6.28. The summed E-state index contributed by atoms with van der Waals surface area (Å²) >= 11 is 0. The fourth-order valence-electron chi connectivity index (χ4n) is 4.74. The van der Waals surface area contributed by atoms with Crippen molar-refractivity contribution in [1.82, 2.24) is 4.98 Å². The Morgan fingerprint density at radius 2 is 1.72 bits per heavy atom. The molecule has 0 N–H and O–H groups in total. The van der Waals surface area contributed by atoms with Gasteiger partial charge in [-0.3, -0.25) is 19.4 Å². The summed E-state index contributed by atoms with van der Waals surface area (Å²) in [5, 5.41) is 9.11. The van der Waals surface area contributed by atoms with Gasteiger partial charge in [-0.15, -0.1) is 0 Å². The Morgan fingerprint density at radius 1 is 0.931 bits per heavy atom. The molecule has 1 aromatic heterocycles. The summed E-state index contributed by atoms with van der Waals surface area (Å²) in [5.74, 6) is -0.911. The standard InChI is InChI=1S/C24H16N2O3/c25-11-13-4-6-14(7-5-13)21-20-15(2-1-3-19(20)27)10-17-22(21)24(29)18-12-26-9-8-16(18)23(17)28/h4-9,12,21H,1-3,10H2. The lowest BCUT2D eigenvalue weighted by molar-refractivity contribution is -0.116. The molecule has 1 atom stereocenters. The SMILES string of the molecule is N#Cc1ccc(C2C3=C(CCCC3=O)CC3=C2C(=O)c2cnccc2C3=O)cc1. The van der Waals surface area contributed by atoms with Gasteiger partial charge in [-0.2, -0.15) is 5.26 Å². The molecule has 140 valence electrons. The largest absolute Gasteiger partial charge is 0.295 e. The zero-order valence-electron chi connectivity index (χ0n) is 15.6. The van der Waals surface area contributed by atoms with Gasteiger partial charge in [-0.1, -0.05) is 17.7 Å². The first kappa shape index (κ1) is 17.4. The quantitative estimate of drug-likeness (QED) is 0.749. The highest BCUT2D eigenvalue weighted by Crippen LogP contribution is 2.49. The molecule has 3 aliphatic rings. The van der Waals surface area contributed by atoms with Crippen molar-refractivity contribution < 1.29 is 14.4 Å². The number of carbonyl (C=O) groups excluding carboxylic acids is 3. The maximum absolute atomic E-state index is 13.4. The summed E-state index contributed by atoms with van der Waals surface area (Å²) in [4.78, 5) is 43.6. The molecule has 3 aliphatic carbocycles. The predicted octanol–water partition coefficient (Wildman–Crippen LogP) is 3.87. The zero-order valence-corrected chi connectivity index (χ0v) is 15.6. The van der Waals surface area contributed by atoms with Gasteiger partial charge in [0.05, 0.1) is 17.2 Å². The number of aromatic nitrogens is 1. The van der Waals surface area contributed by atoms with Gasteiger partial charge in [-0.25, -0.2) is 0 Å². The molecule has 2 aromatic rings. The predicted molar refractivity (Wildman–Crippen MR) is 104 cm³/mol. The Kier molecular flexibility index (Phi) is 3.88. The summed E-state index contributed by atoms with van der Waals surface area (Å²) < 4.78 is 0. The molecule has 0 spiro atoms. The van der Waals surface area contributed by atoms with Gasteiger partial charge in [0.2, 0.25) is 0 Å². The van der Waals surface area contributed by atoms with E-state index in [1.54, 1.807) is 30.3 Å². The van der Waals surface area contributed by atoms with Gasteiger partial charge >= 0.3 is 0 Å². The normalized spacial score (nSPS) is 20.8. The number of hydrogen-bond acceptors (Lipinski definition) is 5. The number of hydrogen-bond donors (Lipinski definition) is 0. The minimum atomic E-state index is -0.570. The highest BCUT2D eigenvalue weighted by atomic mass is 16.1. The van der Waals surface area contributed by atoms with Crippen molar-refractivity contribution >= 4 is 17.3 Å². The lowest BCUT2D eigenvalue weighted by Crippen LogP contribution is -2.33. The van der Waals surface area contributed by atoms with Crippen LogP contribution in [0.2, 0.25) is 0 Å². The minimum Gasteiger partial charge on any atom is -0.295 e. The van der Waals surface area contributed by atoms with Gasteiger partial charge in [-0.05, 0) is 43.0 Å². The van der Waals surface area contributed by atoms with Gasteiger partial charge in [0.25, 0.3) is 0 Å². The number of pyridine rings is 1. The number of ketones is 3. The lowest BCUT2D eigenvalue weighted by Gasteiger charge is -2.36. The molecule has 0 radical (unpaired) electrons. The Balaban J connectivity index is 1.75. The minimum absolute atomic E-state index is 0.0457. The second-order valence-corrected chi connectivity index (χ2v) is 7.61. The second-order valence-electron chi connectivity index (χ2n) is 7.61. The van der Waals surface area contributed by atoms with Crippen LogP contribution in [0.15, 0.2) is 65.0 Å². The topological polar surface area (TPSA) is 87.9 Å². The molecule has 0 aliphatic heterocycles. The first-order chi connectivity index (χ1) is 14.1. The molecular formula is C24H16N2O3. The van der Waals surface area contributed by atoms with E-state index in [0.717, 1.165) is 24.0 Å². The van der Waals surface area contributed by atoms with E-state index in [1.807, 2.05) is 0 Å². The molecule has 5 nitrogen and oxygen atoms in total. The van der Waals surface area contributed by atoms with E-state index in [2.05, 4.69) is 11.1 Å². The van der Waals surface area contributed by atoms with Crippen LogP contribution in [0, 0.1) is 11.3 Å². The number of carbonyl (C=O) groups is 3. The number of fused-ring (bicyclic) bond motifs is 1. The average Bonchev–Trinajstić information content (AvgIpc) is 2.76. The maximum Gasteiger partial charge on any atom is 0.192 e. The summed E-state index contributed by atoms with van der Waals surface area (Å²) in [7, 11) is 0. The van der Waals surface area contributed by atoms with Crippen molar-refractivity contribution in [2.75, 3.05) is 0 Å². The molecule has 0 saturated carbocycles. The smallest absolute Gasteiger partial charge is 0.192 e. The van der Waals surface area contributed by atoms with E-state index in [4.69, 9.17) is 5.26 Å². The van der Waals surface area contributed by atoms with E-state index in [9.17, 15) is 14.4 Å². The van der Waals surface area contributed by atoms with Crippen LogP contribution in [0.3, 0.4) is 0 Å². The third kappa shape index (κ3) is 2.53. The number of benzene rings is 1. The zero-order chi connectivity index (χ0) is 20.1. The average molecular weight is 380 g/mol. The van der Waals surface area contributed by atoms with E-state index in [0.29, 0.717) is 46.3 Å². The van der Waals surface area contributed by atoms with Crippen molar-refractivity contribution in [3.8, 4) is 6.07 Å². The van der Waals surface area contributed by atoms with Crippen LogP contribution in [0.5, 0.6) is 0 Å². The van der Waals surface area contributed by atoms with Crippen LogP contribution >= 0.6 is 0 Å². The van der Waals surface area contributed by atoms with E-state index in [-0.39, 0.29) is 17.3 Å². The fourth-order valence-corrected chi connectivity index (χ4v) is 4.74. The van der Waals surface area contributed by atoms with E-state index < -0.39 is 5.92 Å². The molecule has 1 heterocycles. The summed E-state index contributed by atoms with van der Waals surface area (Å²) in [6.45, 7) is 0. The van der Waals surface area contributed by atoms with Gasteiger partial charge in [0.1, 0.15) is 0 Å². The van der Waals surface area contributed by atoms with Gasteiger partial charge in [0.15, 0.2) is 17.3 Å². The molecule has 1 unspecified atom stereocenters. The van der Waals surface area contributed by atoms with Crippen molar-refractivity contribution in [2.45, 2.75) is 31.6 Å². The Hall–Kier alpha value is -3.65. The first-order valence-corrected chi connectivity index (χ1v) is 9.61. The van der Waals surface area contributed by atoms with Crippen molar-refractivity contribution in [3.63, 3.8) is 0 Å². The summed E-state index contributed by atoms with van der Waals surface area (Å²) in [6, 6.07) is 10.6. The van der Waals surface area contributed by atoms with Crippen molar-refractivity contribution in [3.05, 3.63) is 87.3 Å². The first-order valence-electron chi connectivity index (χ1n) is 9.61. The molecule has 0 amide bonds. The van der Waals surface area contributed by atoms with Crippen LogP contribution < -0.4 is 0 Å². The molecular weight excluding hydrogens is 364 g/mol. The molecule has 5 heteroatoms. The Labute approximate surface area is 167 Å². The third-order valence-corrected chi connectivity index (χ3v) is 6.06.